The number of rotatable bonds is 5. The number of Topliss-reactive ketones (excluding diaryl/α,β-unsaturated/α-hetero) is 1. The Hall–Kier alpha value is -1.69. The summed E-state index contributed by atoms with van der Waals surface area (Å²) < 4.78 is 5.05. The monoisotopic (exact) mass is 321 g/mol. The smallest absolute Gasteiger partial charge is 0.220 e. The molecule has 2 atom stereocenters. The van der Waals surface area contributed by atoms with Crippen LogP contribution in [0.5, 0.6) is 0 Å². The van der Waals surface area contributed by atoms with Crippen LogP contribution in [0.25, 0.3) is 0 Å². The Bertz CT molecular complexity index is 560. The van der Waals surface area contributed by atoms with Crippen LogP contribution in [0.15, 0.2) is 10.6 Å². The molecule has 6 nitrogen and oxygen atoms in total. The van der Waals surface area contributed by atoms with Gasteiger partial charge >= 0.3 is 0 Å². The van der Waals surface area contributed by atoms with Crippen molar-refractivity contribution in [1.82, 2.24) is 15.8 Å². The van der Waals surface area contributed by atoms with E-state index in [0.29, 0.717) is 24.0 Å². The Morgan fingerprint density at radius 2 is 2.13 bits per heavy atom. The minimum absolute atomic E-state index is 0.0963. The molecule has 0 radical (unpaired) electrons. The molecule has 2 heterocycles. The quantitative estimate of drug-likeness (QED) is 0.810. The number of carbonyl (C=O) groups excluding carboxylic acids is 2. The fourth-order valence-electron chi connectivity index (χ4n) is 3.03. The highest BCUT2D eigenvalue weighted by atomic mass is 16.5. The Balaban J connectivity index is 1.97. The lowest BCUT2D eigenvalue weighted by atomic mass is 9.81. The molecule has 1 amide bonds. The average Bonchev–Trinajstić information content (AvgIpc) is 2.87. The Morgan fingerprint density at radius 3 is 2.74 bits per heavy atom. The second kappa shape index (κ2) is 7.25. The van der Waals surface area contributed by atoms with E-state index in [4.69, 9.17) is 4.52 Å². The first-order valence-corrected chi connectivity index (χ1v) is 8.23. The van der Waals surface area contributed by atoms with Crippen LogP contribution in [0.1, 0.15) is 56.8 Å². The summed E-state index contributed by atoms with van der Waals surface area (Å²) in [6.07, 6.45) is 2.22. The zero-order valence-corrected chi connectivity index (χ0v) is 14.4. The van der Waals surface area contributed by atoms with Crippen molar-refractivity contribution in [1.29, 1.82) is 0 Å². The summed E-state index contributed by atoms with van der Waals surface area (Å²) in [6.45, 7) is 9.22. The molecule has 0 aliphatic carbocycles. The van der Waals surface area contributed by atoms with Crippen LogP contribution < -0.4 is 10.6 Å². The third-order valence-corrected chi connectivity index (χ3v) is 4.10. The average molecular weight is 321 g/mol. The number of piperidine rings is 1. The molecular formula is C17H27N3O3. The van der Waals surface area contributed by atoms with Crippen molar-refractivity contribution < 1.29 is 14.1 Å². The van der Waals surface area contributed by atoms with Gasteiger partial charge in [0.2, 0.25) is 11.7 Å². The molecule has 2 rings (SSSR count). The maximum absolute atomic E-state index is 12.2. The predicted octanol–water partition coefficient (Wildman–Crippen LogP) is 1.95. The van der Waals surface area contributed by atoms with Gasteiger partial charge in [0.05, 0.1) is 5.69 Å². The summed E-state index contributed by atoms with van der Waals surface area (Å²) in [5, 5.41) is 10.4. The first-order valence-electron chi connectivity index (χ1n) is 8.23. The number of nitrogens with one attached hydrogen (secondary N) is 2. The summed E-state index contributed by atoms with van der Waals surface area (Å²) in [5.41, 5.74) is 0.576. The van der Waals surface area contributed by atoms with Crippen LogP contribution in [0.4, 0.5) is 0 Å². The van der Waals surface area contributed by atoms with Gasteiger partial charge in [0.15, 0.2) is 5.78 Å². The van der Waals surface area contributed by atoms with E-state index in [-0.39, 0.29) is 17.2 Å². The number of aromatic nitrogens is 1. The highest BCUT2D eigenvalue weighted by Crippen LogP contribution is 2.26. The van der Waals surface area contributed by atoms with Gasteiger partial charge in [0.1, 0.15) is 0 Å². The maximum atomic E-state index is 12.2. The second-order valence-corrected chi connectivity index (χ2v) is 7.46. The molecule has 1 aliphatic heterocycles. The van der Waals surface area contributed by atoms with E-state index in [1.54, 1.807) is 6.07 Å². The third kappa shape index (κ3) is 5.46. The molecule has 0 saturated carbocycles. The van der Waals surface area contributed by atoms with Crippen LogP contribution in [0.2, 0.25) is 0 Å². The lowest BCUT2D eigenvalue weighted by Gasteiger charge is -2.32. The van der Waals surface area contributed by atoms with Crippen molar-refractivity contribution in [3.63, 3.8) is 0 Å². The van der Waals surface area contributed by atoms with E-state index in [1.807, 2.05) is 20.8 Å². The van der Waals surface area contributed by atoms with Gasteiger partial charge in [-0.15, -0.1) is 0 Å². The van der Waals surface area contributed by atoms with E-state index in [9.17, 15) is 9.59 Å². The number of ketones is 1. The van der Waals surface area contributed by atoms with Crippen LogP contribution in [0.3, 0.4) is 0 Å². The minimum Gasteiger partial charge on any atom is -0.353 e. The number of hydrogen-bond donors (Lipinski definition) is 2. The SMILES string of the molecule is CC(=O)c1cc(CC2CNCCC2CC(=O)NC(C)(C)C)no1. The topological polar surface area (TPSA) is 84.2 Å². The van der Waals surface area contributed by atoms with Gasteiger partial charge in [-0.3, -0.25) is 9.59 Å². The first kappa shape index (κ1) is 17.7. The number of carbonyl (C=O) groups is 2. The van der Waals surface area contributed by atoms with E-state index < -0.39 is 0 Å². The standard InChI is InChI=1S/C17H27N3O3/c1-11(21)15-9-14(20-23-15)7-13-10-18-6-5-12(13)8-16(22)19-17(2,3)4/h9,12-13,18H,5-8,10H2,1-4H3,(H,19,22). The van der Waals surface area contributed by atoms with Gasteiger partial charge in [-0.2, -0.15) is 0 Å². The number of hydrogen-bond acceptors (Lipinski definition) is 5. The molecule has 23 heavy (non-hydrogen) atoms. The van der Waals surface area contributed by atoms with E-state index in [2.05, 4.69) is 15.8 Å². The molecule has 1 aromatic heterocycles. The van der Waals surface area contributed by atoms with Crippen molar-refractivity contribution in [2.24, 2.45) is 11.8 Å². The van der Waals surface area contributed by atoms with E-state index in [0.717, 1.165) is 31.6 Å². The Kier molecular flexibility index (Phi) is 5.57. The molecule has 1 aromatic rings. The number of nitrogens with zero attached hydrogens (tertiary/aromatic N) is 1. The highest BCUT2D eigenvalue weighted by molar-refractivity contribution is 5.91. The number of amides is 1. The Labute approximate surface area is 137 Å². The van der Waals surface area contributed by atoms with Crippen molar-refractivity contribution in [3.05, 3.63) is 17.5 Å². The Morgan fingerprint density at radius 1 is 1.39 bits per heavy atom. The maximum Gasteiger partial charge on any atom is 0.220 e. The van der Waals surface area contributed by atoms with Crippen LogP contribution in [0, 0.1) is 11.8 Å². The molecule has 2 unspecified atom stereocenters. The summed E-state index contributed by atoms with van der Waals surface area (Å²) in [5.74, 6) is 0.909. The van der Waals surface area contributed by atoms with Crippen molar-refractivity contribution in [2.75, 3.05) is 13.1 Å². The largest absolute Gasteiger partial charge is 0.353 e. The summed E-state index contributed by atoms with van der Waals surface area (Å²) in [7, 11) is 0. The fraction of sp³-hybridized carbons (Fsp3) is 0.706. The molecule has 2 N–H and O–H groups in total. The molecule has 128 valence electrons. The van der Waals surface area contributed by atoms with E-state index >= 15 is 0 Å². The molecule has 1 saturated heterocycles. The molecule has 0 bridgehead atoms. The first-order chi connectivity index (χ1) is 10.7. The lowest BCUT2D eigenvalue weighted by molar-refractivity contribution is -0.124. The van der Waals surface area contributed by atoms with Gasteiger partial charge in [-0.25, -0.2) is 0 Å². The summed E-state index contributed by atoms with van der Waals surface area (Å²) in [4.78, 5) is 23.5. The van der Waals surface area contributed by atoms with E-state index in [1.165, 1.54) is 6.92 Å². The van der Waals surface area contributed by atoms with Crippen LogP contribution >= 0.6 is 0 Å². The molecule has 6 heteroatoms. The van der Waals surface area contributed by atoms with Crippen LogP contribution in [-0.2, 0) is 11.2 Å². The molecule has 0 spiro atoms. The third-order valence-electron chi connectivity index (χ3n) is 4.10. The predicted molar refractivity (Wildman–Crippen MR) is 87.2 cm³/mol. The summed E-state index contributed by atoms with van der Waals surface area (Å²) >= 11 is 0. The van der Waals surface area contributed by atoms with Crippen molar-refractivity contribution >= 4 is 11.7 Å². The normalized spacial score (nSPS) is 21.9. The highest BCUT2D eigenvalue weighted by Gasteiger charge is 2.29. The van der Waals surface area contributed by atoms with Gasteiger partial charge in [0.25, 0.3) is 0 Å². The van der Waals surface area contributed by atoms with Gasteiger partial charge in [-0.05, 0) is 58.5 Å². The van der Waals surface area contributed by atoms with Crippen molar-refractivity contribution in [2.45, 2.75) is 52.5 Å². The second-order valence-electron chi connectivity index (χ2n) is 7.46. The van der Waals surface area contributed by atoms with Gasteiger partial charge in [0, 0.05) is 24.9 Å². The molecular weight excluding hydrogens is 294 g/mol. The fourth-order valence-corrected chi connectivity index (χ4v) is 3.03. The molecule has 1 aliphatic rings. The van der Waals surface area contributed by atoms with Gasteiger partial charge in [-0.1, -0.05) is 5.16 Å². The minimum atomic E-state index is -0.206. The summed E-state index contributed by atoms with van der Waals surface area (Å²) in [6, 6.07) is 1.71. The zero-order valence-electron chi connectivity index (χ0n) is 14.4. The van der Waals surface area contributed by atoms with Crippen molar-refractivity contribution in [3.8, 4) is 0 Å². The van der Waals surface area contributed by atoms with Gasteiger partial charge < -0.3 is 15.2 Å². The lowest BCUT2D eigenvalue weighted by Crippen LogP contribution is -2.44. The molecule has 1 fully saturated rings. The zero-order chi connectivity index (χ0) is 17.0. The molecule has 0 aromatic carbocycles. The van der Waals surface area contributed by atoms with Crippen LogP contribution in [-0.4, -0.2) is 35.5 Å².